The first-order valence-electron chi connectivity index (χ1n) is 9.06. The lowest BCUT2D eigenvalue weighted by Crippen LogP contribution is -2.38. The summed E-state index contributed by atoms with van der Waals surface area (Å²) in [4.78, 5) is 7.47. The van der Waals surface area contributed by atoms with E-state index in [1.54, 1.807) is 0 Å². The summed E-state index contributed by atoms with van der Waals surface area (Å²) in [6, 6.07) is 10.9. The van der Waals surface area contributed by atoms with E-state index in [0.29, 0.717) is 6.04 Å². The van der Waals surface area contributed by atoms with Crippen LogP contribution in [0.5, 0.6) is 0 Å². The molecule has 1 atom stereocenters. The topological polar surface area (TPSA) is 42.3 Å². The highest BCUT2D eigenvalue weighted by atomic mass is 16.5. The van der Waals surface area contributed by atoms with Gasteiger partial charge >= 0.3 is 0 Å². The summed E-state index contributed by atoms with van der Waals surface area (Å²) in [6.07, 6.45) is 4.65. The van der Waals surface area contributed by atoms with E-state index in [1.807, 2.05) is 0 Å². The summed E-state index contributed by atoms with van der Waals surface area (Å²) in [5.74, 6) is 1.19. The predicted molar refractivity (Wildman–Crippen MR) is 94.9 cm³/mol. The van der Waals surface area contributed by atoms with E-state index in [2.05, 4.69) is 51.3 Å². The van der Waals surface area contributed by atoms with Crippen molar-refractivity contribution in [3.8, 4) is 11.3 Å². The van der Waals surface area contributed by atoms with Crippen molar-refractivity contribution in [3.05, 3.63) is 42.4 Å². The molecule has 128 valence electrons. The monoisotopic (exact) mass is 326 g/mol. The summed E-state index contributed by atoms with van der Waals surface area (Å²) >= 11 is 0. The molecule has 0 spiro atoms. The maximum Gasteiger partial charge on any atom is 0.126 e. The Kier molecular flexibility index (Phi) is 4.92. The number of hydrogen-bond donors (Lipinski definition) is 1. The Bertz CT molecular complexity index is 643. The van der Waals surface area contributed by atoms with Crippen LogP contribution in [0.15, 0.2) is 36.5 Å². The van der Waals surface area contributed by atoms with Crippen molar-refractivity contribution in [2.75, 3.05) is 39.4 Å². The van der Waals surface area contributed by atoms with Crippen molar-refractivity contribution in [1.29, 1.82) is 0 Å². The van der Waals surface area contributed by atoms with Crippen molar-refractivity contribution in [2.24, 2.45) is 0 Å². The van der Waals surface area contributed by atoms with Crippen LogP contribution in [0.25, 0.3) is 11.3 Å². The van der Waals surface area contributed by atoms with Gasteiger partial charge in [-0.05, 0) is 19.4 Å². The normalized spacial score (nSPS) is 22.1. The van der Waals surface area contributed by atoms with Crippen LogP contribution in [0.4, 0.5) is 0 Å². The molecule has 2 aromatic rings. The standard InChI is InChI=1S/C19H26N4O/c1-2-5-16(6-3-1)18-15-23(10-9-22-11-13-24-14-12-22)19(21-18)17-7-4-8-20-17/h1-3,5-6,15,17,20H,4,7-14H2/t17-/m0/s1. The zero-order chi connectivity index (χ0) is 16.2. The molecular formula is C19H26N4O. The van der Waals surface area contributed by atoms with Gasteiger partial charge in [-0.25, -0.2) is 4.98 Å². The van der Waals surface area contributed by atoms with Gasteiger partial charge in [0.05, 0.1) is 24.9 Å². The third kappa shape index (κ3) is 3.53. The number of nitrogens with zero attached hydrogens (tertiary/aromatic N) is 3. The Morgan fingerprint density at radius 1 is 1.12 bits per heavy atom. The molecule has 2 fully saturated rings. The SMILES string of the molecule is c1ccc(-c2cn(CCN3CCOCC3)c([C@@H]3CCCN3)n2)cc1. The third-order valence-electron chi connectivity index (χ3n) is 5.01. The van der Waals surface area contributed by atoms with Gasteiger partial charge in [-0.15, -0.1) is 0 Å². The van der Waals surface area contributed by atoms with Gasteiger partial charge in [-0.1, -0.05) is 30.3 Å². The molecule has 4 rings (SSSR count). The Balaban J connectivity index is 1.54. The predicted octanol–water partition coefficient (Wildman–Crippen LogP) is 2.31. The molecule has 0 saturated carbocycles. The number of ether oxygens (including phenoxy) is 1. The second-order valence-corrected chi connectivity index (χ2v) is 6.65. The van der Waals surface area contributed by atoms with Crippen LogP contribution in [0.3, 0.4) is 0 Å². The Morgan fingerprint density at radius 2 is 1.96 bits per heavy atom. The maximum atomic E-state index is 5.45. The maximum absolute atomic E-state index is 5.45. The minimum atomic E-state index is 0.396. The third-order valence-corrected chi connectivity index (χ3v) is 5.01. The van der Waals surface area contributed by atoms with Crippen LogP contribution < -0.4 is 5.32 Å². The number of aromatic nitrogens is 2. The minimum Gasteiger partial charge on any atom is -0.379 e. The quantitative estimate of drug-likeness (QED) is 0.915. The summed E-state index contributed by atoms with van der Waals surface area (Å²) in [6.45, 7) is 6.95. The molecule has 2 aliphatic rings. The van der Waals surface area contributed by atoms with Crippen molar-refractivity contribution >= 4 is 0 Å². The molecule has 1 N–H and O–H groups in total. The molecular weight excluding hydrogens is 300 g/mol. The molecule has 2 saturated heterocycles. The Hall–Kier alpha value is -1.69. The van der Waals surface area contributed by atoms with Crippen molar-refractivity contribution in [3.63, 3.8) is 0 Å². The highest BCUT2D eigenvalue weighted by Crippen LogP contribution is 2.26. The summed E-state index contributed by atoms with van der Waals surface area (Å²) in [5, 5.41) is 3.60. The fraction of sp³-hybridized carbons (Fsp3) is 0.526. The fourth-order valence-electron chi connectivity index (χ4n) is 3.61. The molecule has 1 aromatic carbocycles. The first kappa shape index (κ1) is 15.8. The summed E-state index contributed by atoms with van der Waals surface area (Å²) in [5.41, 5.74) is 2.28. The summed E-state index contributed by atoms with van der Waals surface area (Å²) < 4.78 is 7.81. The van der Waals surface area contributed by atoms with E-state index < -0.39 is 0 Å². The highest BCUT2D eigenvalue weighted by molar-refractivity contribution is 5.58. The molecule has 1 aromatic heterocycles. The smallest absolute Gasteiger partial charge is 0.126 e. The molecule has 0 amide bonds. The number of benzene rings is 1. The molecule has 24 heavy (non-hydrogen) atoms. The molecule has 0 unspecified atom stereocenters. The van der Waals surface area contributed by atoms with Gasteiger partial charge < -0.3 is 14.6 Å². The molecule has 5 heteroatoms. The number of hydrogen-bond acceptors (Lipinski definition) is 4. The summed E-state index contributed by atoms with van der Waals surface area (Å²) in [7, 11) is 0. The van der Waals surface area contributed by atoms with E-state index in [0.717, 1.165) is 51.6 Å². The zero-order valence-electron chi connectivity index (χ0n) is 14.2. The number of nitrogens with one attached hydrogen (secondary N) is 1. The number of imidazole rings is 1. The van der Waals surface area contributed by atoms with Crippen LogP contribution >= 0.6 is 0 Å². The van der Waals surface area contributed by atoms with Gasteiger partial charge in [0.1, 0.15) is 5.82 Å². The van der Waals surface area contributed by atoms with Gasteiger partial charge in [0, 0.05) is 37.9 Å². The number of rotatable bonds is 5. The lowest BCUT2D eigenvalue weighted by atomic mass is 10.2. The highest BCUT2D eigenvalue weighted by Gasteiger charge is 2.23. The average molecular weight is 326 g/mol. The second-order valence-electron chi connectivity index (χ2n) is 6.65. The van der Waals surface area contributed by atoms with Gasteiger partial charge in [-0.2, -0.15) is 0 Å². The first-order valence-corrected chi connectivity index (χ1v) is 9.06. The Morgan fingerprint density at radius 3 is 2.71 bits per heavy atom. The fourth-order valence-corrected chi connectivity index (χ4v) is 3.61. The molecule has 0 bridgehead atoms. The van der Waals surface area contributed by atoms with Crippen LogP contribution in [-0.4, -0.2) is 53.8 Å². The van der Waals surface area contributed by atoms with Crippen LogP contribution in [0, 0.1) is 0 Å². The van der Waals surface area contributed by atoms with Gasteiger partial charge in [0.2, 0.25) is 0 Å². The Labute approximate surface area is 143 Å². The lowest BCUT2D eigenvalue weighted by molar-refractivity contribution is 0.0362. The first-order chi connectivity index (χ1) is 11.9. The van der Waals surface area contributed by atoms with E-state index in [-0.39, 0.29) is 0 Å². The van der Waals surface area contributed by atoms with Gasteiger partial charge in [-0.3, -0.25) is 4.90 Å². The average Bonchev–Trinajstić information content (AvgIpc) is 3.31. The molecule has 0 radical (unpaired) electrons. The number of morpholine rings is 1. The van der Waals surface area contributed by atoms with Gasteiger partial charge in [0.15, 0.2) is 0 Å². The van der Waals surface area contributed by atoms with E-state index in [4.69, 9.17) is 9.72 Å². The van der Waals surface area contributed by atoms with Crippen molar-refractivity contribution < 1.29 is 4.74 Å². The molecule has 5 nitrogen and oxygen atoms in total. The van der Waals surface area contributed by atoms with E-state index in [1.165, 1.54) is 24.2 Å². The largest absolute Gasteiger partial charge is 0.379 e. The molecule has 0 aliphatic carbocycles. The van der Waals surface area contributed by atoms with Crippen LogP contribution in [0.1, 0.15) is 24.7 Å². The zero-order valence-corrected chi connectivity index (χ0v) is 14.2. The van der Waals surface area contributed by atoms with E-state index >= 15 is 0 Å². The van der Waals surface area contributed by atoms with E-state index in [9.17, 15) is 0 Å². The van der Waals surface area contributed by atoms with Crippen molar-refractivity contribution in [2.45, 2.75) is 25.4 Å². The lowest BCUT2D eigenvalue weighted by Gasteiger charge is -2.27. The second kappa shape index (κ2) is 7.47. The van der Waals surface area contributed by atoms with Crippen LogP contribution in [-0.2, 0) is 11.3 Å². The van der Waals surface area contributed by atoms with Crippen molar-refractivity contribution in [1.82, 2.24) is 19.8 Å². The minimum absolute atomic E-state index is 0.396. The van der Waals surface area contributed by atoms with Crippen LogP contribution in [0.2, 0.25) is 0 Å². The molecule has 2 aliphatic heterocycles. The molecule has 3 heterocycles. The van der Waals surface area contributed by atoms with Gasteiger partial charge in [0.25, 0.3) is 0 Å².